The summed E-state index contributed by atoms with van der Waals surface area (Å²) in [7, 11) is 0. The first kappa shape index (κ1) is 14.3. The lowest BCUT2D eigenvalue weighted by Crippen LogP contribution is -2.29. The summed E-state index contributed by atoms with van der Waals surface area (Å²) in [6.07, 6.45) is 0. The number of nitrogens with two attached hydrogens (primary N) is 1. The van der Waals surface area contributed by atoms with Crippen LogP contribution < -0.4 is 5.73 Å². The Kier molecular flexibility index (Phi) is 5.14. The summed E-state index contributed by atoms with van der Waals surface area (Å²) < 4.78 is 0. The quantitative estimate of drug-likeness (QED) is 0.872. The molecule has 0 aliphatic heterocycles. The first-order valence-corrected chi connectivity index (χ1v) is 7.61. The van der Waals surface area contributed by atoms with Gasteiger partial charge in [-0.1, -0.05) is 30.3 Å². The minimum Gasteiger partial charge on any atom is -0.326 e. The molecule has 0 unspecified atom stereocenters. The molecule has 0 saturated heterocycles. The van der Waals surface area contributed by atoms with Crippen LogP contribution in [-0.4, -0.2) is 10.9 Å². The van der Waals surface area contributed by atoms with Crippen molar-refractivity contribution in [2.24, 2.45) is 5.73 Å². The topological polar surface area (TPSA) is 29.3 Å². The molecule has 0 atom stereocenters. The minimum atomic E-state index is 0.531. The Labute approximate surface area is 119 Å². The lowest BCUT2D eigenvalue weighted by atomic mass is 10.1. The maximum Gasteiger partial charge on any atom is 0.0334 e. The Morgan fingerprint density at radius 1 is 1.11 bits per heavy atom. The summed E-state index contributed by atoms with van der Waals surface area (Å²) in [4.78, 5) is 3.91. The second-order valence-electron chi connectivity index (χ2n) is 5.10. The van der Waals surface area contributed by atoms with Crippen molar-refractivity contribution in [1.29, 1.82) is 0 Å². The predicted molar refractivity (Wildman–Crippen MR) is 83.0 cm³/mol. The molecule has 0 aliphatic rings. The van der Waals surface area contributed by atoms with E-state index in [4.69, 9.17) is 5.73 Å². The van der Waals surface area contributed by atoms with Crippen LogP contribution in [0.3, 0.4) is 0 Å². The molecule has 0 radical (unpaired) electrons. The van der Waals surface area contributed by atoms with Crippen molar-refractivity contribution in [2.45, 2.75) is 39.5 Å². The fourth-order valence-corrected chi connectivity index (χ4v) is 2.84. The number of nitrogens with zero attached hydrogens (tertiary/aromatic N) is 1. The lowest BCUT2D eigenvalue weighted by molar-refractivity contribution is 0.205. The van der Waals surface area contributed by atoms with Crippen molar-refractivity contribution < 1.29 is 0 Å². The van der Waals surface area contributed by atoms with E-state index in [-0.39, 0.29) is 0 Å². The number of rotatable bonds is 6. The van der Waals surface area contributed by atoms with Crippen molar-refractivity contribution in [3.8, 4) is 0 Å². The molecule has 3 heteroatoms. The van der Waals surface area contributed by atoms with Crippen molar-refractivity contribution in [1.82, 2.24) is 4.90 Å². The molecule has 2 N–H and O–H groups in total. The minimum absolute atomic E-state index is 0.531. The summed E-state index contributed by atoms with van der Waals surface area (Å²) in [5.41, 5.74) is 8.25. The van der Waals surface area contributed by atoms with Gasteiger partial charge in [-0.25, -0.2) is 0 Å². The van der Waals surface area contributed by atoms with E-state index in [1.807, 2.05) is 11.3 Å². The van der Waals surface area contributed by atoms with Crippen LogP contribution >= 0.6 is 11.3 Å². The zero-order valence-electron chi connectivity index (χ0n) is 11.7. The molecule has 0 amide bonds. The third-order valence-corrected chi connectivity index (χ3v) is 4.14. The van der Waals surface area contributed by atoms with Crippen LogP contribution in [0.4, 0.5) is 0 Å². The van der Waals surface area contributed by atoms with Crippen molar-refractivity contribution in [3.63, 3.8) is 0 Å². The van der Waals surface area contributed by atoms with Gasteiger partial charge in [-0.05, 0) is 36.4 Å². The molecular formula is C16H22N2S. The smallest absolute Gasteiger partial charge is 0.0334 e. The van der Waals surface area contributed by atoms with Gasteiger partial charge in [0.05, 0.1) is 0 Å². The Morgan fingerprint density at radius 3 is 2.53 bits per heavy atom. The van der Waals surface area contributed by atoms with Gasteiger partial charge >= 0.3 is 0 Å². The second kappa shape index (κ2) is 6.85. The first-order chi connectivity index (χ1) is 9.19. The lowest BCUT2D eigenvalue weighted by Gasteiger charge is -2.26. The second-order valence-corrected chi connectivity index (χ2v) is 6.13. The normalized spacial score (nSPS) is 11.4. The third kappa shape index (κ3) is 4.16. The van der Waals surface area contributed by atoms with E-state index in [0.717, 1.165) is 13.1 Å². The molecule has 1 aromatic carbocycles. The average Bonchev–Trinajstić information content (AvgIpc) is 2.91. The largest absolute Gasteiger partial charge is 0.326 e. The molecule has 2 nitrogen and oxygen atoms in total. The molecule has 0 fully saturated rings. The predicted octanol–water partition coefficient (Wildman–Crippen LogP) is 3.62. The molecule has 0 spiro atoms. The fraction of sp³-hybridized carbons (Fsp3) is 0.375. The Morgan fingerprint density at radius 2 is 1.89 bits per heavy atom. The van der Waals surface area contributed by atoms with Crippen molar-refractivity contribution >= 4 is 11.3 Å². The van der Waals surface area contributed by atoms with Crippen LogP contribution in [0.2, 0.25) is 0 Å². The van der Waals surface area contributed by atoms with Gasteiger partial charge in [0.25, 0.3) is 0 Å². The molecule has 19 heavy (non-hydrogen) atoms. The van der Waals surface area contributed by atoms with Gasteiger partial charge in [-0.3, -0.25) is 4.90 Å². The van der Waals surface area contributed by atoms with Gasteiger partial charge < -0.3 is 5.73 Å². The molecule has 0 saturated carbocycles. The maximum atomic E-state index is 5.71. The summed E-state index contributed by atoms with van der Waals surface area (Å²) in [5.74, 6) is 0. The summed E-state index contributed by atoms with van der Waals surface area (Å²) in [6, 6.07) is 13.4. The average molecular weight is 274 g/mol. The number of hydrogen-bond donors (Lipinski definition) is 1. The Balaban J connectivity index is 2.07. The SMILES string of the molecule is CC(C)N(Cc1cccc(CN)c1)Cc1cccs1. The van der Waals surface area contributed by atoms with Gasteiger partial charge in [0.15, 0.2) is 0 Å². The summed E-state index contributed by atoms with van der Waals surface area (Å²) in [6.45, 7) is 7.10. The highest BCUT2D eigenvalue weighted by atomic mass is 32.1. The molecule has 0 aliphatic carbocycles. The summed E-state index contributed by atoms with van der Waals surface area (Å²) >= 11 is 1.83. The summed E-state index contributed by atoms with van der Waals surface area (Å²) in [5, 5.41) is 2.14. The van der Waals surface area contributed by atoms with Crippen LogP contribution in [0, 0.1) is 0 Å². The highest BCUT2D eigenvalue weighted by Crippen LogP contribution is 2.17. The van der Waals surface area contributed by atoms with E-state index < -0.39 is 0 Å². The molecule has 0 bridgehead atoms. The molecular weight excluding hydrogens is 252 g/mol. The molecule has 2 aromatic rings. The number of hydrogen-bond acceptors (Lipinski definition) is 3. The van der Waals surface area contributed by atoms with E-state index >= 15 is 0 Å². The van der Waals surface area contributed by atoms with E-state index in [0.29, 0.717) is 12.6 Å². The van der Waals surface area contributed by atoms with E-state index in [1.165, 1.54) is 16.0 Å². The van der Waals surface area contributed by atoms with Crippen LogP contribution in [-0.2, 0) is 19.6 Å². The van der Waals surface area contributed by atoms with Crippen LogP contribution in [0.1, 0.15) is 29.9 Å². The van der Waals surface area contributed by atoms with Crippen LogP contribution in [0.15, 0.2) is 41.8 Å². The van der Waals surface area contributed by atoms with Crippen molar-refractivity contribution in [3.05, 3.63) is 57.8 Å². The fourth-order valence-electron chi connectivity index (χ4n) is 2.11. The van der Waals surface area contributed by atoms with Gasteiger partial charge in [0.1, 0.15) is 0 Å². The molecule has 1 heterocycles. The van der Waals surface area contributed by atoms with Crippen molar-refractivity contribution in [2.75, 3.05) is 0 Å². The monoisotopic (exact) mass is 274 g/mol. The maximum absolute atomic E-state index is 5.71. The van der Waals surface area contributed by atoms with E-state index in [1.54, 1.807) is 0 Å². The van der Waals surface area contributed by atoms with Gasteiger partial charge in [0, 0.05) is 30.6 Å². The Bertz CT molecular complexity index is 491. The first-order valence-electron chi connectivity index (χ1n) is 6.73. The molecule has 102 valence electrons. The number of benzene rings is 1. The van der Waals surface area contributed by atoms with Gasteiger partial charge in [0.2, 0.25) is 0 Å². The van der Waals surface area contributed by atoms with Gasteiger partial charge in [-0.15, -0.1) is 11.3 Å². The van der Waals surface area contributed by atoms with Gasteiger partial charge in [-0.2, -0.15) is 0 Å². The van der Waals surface area contributed by atoms with E-state index in [9.17, 15) is 0 Å². The molecule has 2 rings (SSSR count). The third-order valence-electron chi connectivity index (χ3n) is 3.28. The number of thiophene rings is 1. The van der Waals surface area contributed by atoms with Crippen LogP contribution in [0.25, 0.3) is 0 Å². The Hall–Kier alpha value is -1.16. The zero-order valence-corrected chi connectivity index (χ0v) is 12.5. The highest BCUT2D eigenvalue weighted by Gasteiger charge is 2.11. The van der Waals surface area contributed by atoms with Crippen LogP contribution in [0.5, 0.6) is 0 Å². The zero-order chi connectivity index (χ0) is 13.7. The van der Waals surface area contributed by atoms with E-state index in [2.05, 4.69) is 60.5 Å². The standard InChI is InChI=1S/C16H22N2S/c1-13(2)18(12-16-7-4-8-19-16)11-15-6-3-5-14(9-15)10-17/h3-9,13H,10-12,17H2,1-2H3. The molecule has 1 aromatic heterocycles. The highest BCUT2D eigenvalue weighted by molar-refractivity contribution is 7.09.